The maximum Gasteiger partial charge on any atom is 0.130 e. The molecule has 0 bridgehead atoms. The second kappa shape index (κ2) is 8.78. The highest BCUT2D eigenvalue weighted by molar-refractivity contribution is 5.28. The third-order valence-electron chi connectivity index (χ3n) is 3.97. The number of rotatable bonds is 8. The van der Waals surface area contributed by atoms with Crippen molar-refractivity contribution in [3.63, 3.8) is 0 Å². The Morgan fingerprint density at radius 3 is 3.00 bits per heavy atom. The zero-order valence-corrected chi connectivity index (χ0v) is 14.0. The van der Waals surface area contributed by atoms with Crippen LogP contribution in [0.5, 0.6) is 5.75 Å². The Kier molecular flexibility index (Phi) is 6.18. The van der Waals surface area contributed by atoms with Crippen LogP contribution < -0.4 is 10.1 Å². The number of hydrogen-bond donors (Lipinski definition) is 1. The molecule has 24 heavy (non-hydrogen) atoms. The normalized spacial score (nSPS) is 20.2. The zero-order valence-electron chi connectivity index (χ0n) is 14.0. The number of aromatic nitrogens is 1. The molecule has 5 nitrogen and oxygen atoms in total. The fourth-order valence-corrected chi connectivity index (χ4v) is 2.74. The number of nitrogens with zero attached hydrogens (tertiary/aromatic N) is 1. The standard InChI is InChI=1S/C19H24N2O3/c1-20-11-18-10-19(14-24-18)22-12-15-5-4-7-17(9-15)23-13-16-6-2-3-8-21-16/h2-9,18-20H,10-14H2,1H3/t18-,19?/m1/s1. The Morgan fingerprint density at radius 1 is 1.21 bits per heavy atom. The van der Waals surface area contributed by atoms with Gasteiger partial charge in [-0.05, 0) is 36.9 Å². The third kappa shape index (κ3) is 5.03. The molecule has 1 unspecified atom stereocenters. The van der Waals surface area contributed by atoms with E-state index in [1.54, 1.807) is 6.20 Å². The lowest BCUT2D eigenvalue weighted by atomic mass is 10.2. The smallest absolute Gasteiger partial charge is 0.130 e. The first kappa shape index (κ1) is 16.9. The molecule has 1 aromatic heterocycles. The van der Waals surface area contributed by atoms with Crippen molar-refractivity contribution in [2.45, 2.75) is 31.8 Å². The highest BCUT2D eigenvalue weighted by Gasteiger charge is 2.25. The Labute approximate surface area is 143 Å². The van der Waals surface area contributed by atoms with Gasteiger partial charge < -0.3 is 19.5 Å². The molecule has 0 saturated carbocycles. The number of benzene rings is 1. The van der Waals surface area contributed by atoms with E-state index in [9.17, 15) is 0 Å². The van der Waals surface area contributed by atoms with Crippen LogP contribution in [0.1, 0.15) is 17.7 Å². The predicted molar refractivity (Wildman–Crippen MR) is 91.9 cm³/mol. The maximum absolute atomic E-state index is 5.96. The Bertz CT molecular complexity index is 621. The van der Waals surface area contributed by atoms with Crippen molar-refractivity contribution in [2.24, 2.45) is 0 Å². The van der Waals surface area contributed by atoms with Crippen LogP contribution in [0.4, 0.5) is 0 Å². The van der Waals surface area contributed by atoms with Gasteiger partial charge in [-0.15, -0.1) is 0 Å². The summed E-state index contributed by atoms with van der Waals surface area (Å²) in [6, 6.07) is 13.8. The van der Waals surface area contributed by atoms with Gasteiger partial charge in [0.2, 0.25) is 0 Å². The summed E-state index contributed by atoms with van der Waals surface area (Å²) in [4.78, 5) is 4.26. The average molecular weight is 328 g/mol. The molecule has 1 aliphatic heterocycles. The molecule has 0 amide bonds. The van der Waals surface area contributed by atoms with E-state index in [4.69, 9.17) is 14.2 Å². The minimum Gasteiger partial charge on any atom is -0.487 e. The predicted octanol–water partition coefficient (Wildman–Crippen LogP) is 2.55. The molecule has 2 heterocycles. The van der Waals surface area contributed by atoms with Crippen LogP contribution in [0, 0.1) is 0 Å². The van der Waals surface area contributed by atoms with E-state index in [1.807, 2.05) is 43.4 Å². The topological polar surface area (TPSA) is 52.6 Å². The van der Waals surface area contributed by atoms with Gasteiger partial charge in [0.25, 0.3) is 0 Å². The molecule has 0 spiro atoms. The SMILES string of the molecule is CNC[C@H]1CC(OCc2cccc(OCc3ccccn3)c2)CO1. The summed E-state index contributed by atoms with van der Waals surface area (Å²) in [5.41, 5.74) is 2.02. The molecule has 3 rings (SSSR count). The molecule has 0 radical (unpaired) electrons. The van der Waals surface area contributed by atoms with Crippen molar-refractivity contribution in [1.29, 1.82) is 0 Å². The average Bonchev–Trinajstić information content (AvgIpc) is 3.07. The van der Waals surface area contributed by atoms with E-state index in [0.717, 1.165) is 30.0 Å². The summed E-state index contributed by atoms with van der Waals surface area (Å²) in [5.74, 6) is 0.831. The lowest BCUT2D eigenvalue weighted by Crippen LogP contribution is -2.23. The molecule has 1 aliphatic rings. The number of ether oxygens (including phenoxy) is 3. The monoisotopic (exact) mass is 328 g/mol. The highest BCUT2D eigenvalue weighted by Crippen LogP contribution is 2.19. The van der Waals surface area contributed by atoms with E-state index in [2.05, 4.69) is 16.4 Å². The fourth-order valence-electron chi connectivity index (χ4n) is 2.74. The van der Waals surface area contributed by atoms with Gasteiger partial charge in [0.15, 0.2) is 0 Å². The summed E-state index contributed by atoms with van der Waals surface area (Å²) in [5, 5.41) is 3.14. The van der Waals surface area contributed by atoms with Gasteiger partial charge in [-0.25, -0.2) is 0 Å². The van der Waals surface area contributed by atoms with Crippen LogP contribution in [-0.2, 0) is 22.7 Å². The molecular formula is C19H24N2O3. The summed E-state index contributed by atoms with van der Waals surface area (Å²) < 4.78 is 17.5. The number of likely N-dealkylation sites (N-methyl/N-ethyl adjacent to an activating group) is 1. The summed E-state index contributed by atoms with van der Waals surface area (Å²) in [6.07, 6.45) is 3.14. The van der Waals surface area contributed by atoms with Crippen molar-refractivity contribution < 1.29 is 14.2 Å². The molecule has 1 fully saturated rings. The van der Waals surface area contributed by atoms with Gasteiger partial charge in [-0.1, -0.05) is 18.2 Å². The molecule has 128 valence electrons. The lowest BCUT2D eigenvalue weighted by Gasteiger charge is -2.12. The van der Waals surface area contributed by atoms with E-state index in [0.29, 0.717) is 19.8 Å². The van der Waals surface area contributed by atoms with Gasteiger partial charge in [0.05, 0.1) is 31.1 Å². The number of pyridine rings is 1. The summed E-state index contributed by atoms with van der Waals surface area (Å²) in [7, 11) is 1.94. The molecule has 5 heteroatoms. The fraction of sp³-hybridized carbons (Fsp3) is 0.421. The van der Waals surface area contributed by atoms with Crippen LogP contribution in [-0.4, -0.2) is 37.4 Å². The molecule has 1 N–H and O–H groups in total. The van der Waals surface area contributed by atoms with E-state index < -0.39 is 0 Å². The van der Waals surface area contributed by atoms with Crippen LogP contribution in [0.2, 0.25) is 0 Å². The minimum atomic E-state index is 0.168. The lowest BCUT2D eigenvalue weighted by molar-refractivity contribution is 0.0277. The quantitative estimate of drug-likeness (QED) is 0.807. The molecule has 0 aliphatic carbocycles. The van der Waals surface area contributed by atoms with Crippen molar-refractivity contribution in [1.82, 2.24) is 10.3 Å². The zero-order chi connectivity index (χ0) is 16.6. The molecular weight excluding hydrogens is 304 g/mol. The largest absolute Gasteiger partial charge is 0.487 e. The van der Waals surface area contributed by atoms with Gasteiger partial charge in [-0.2, -0.15) is 0 Å². The van der Waals surface area contributed by atoms with Crippen molar-refractivity contribution in [3.05, 3.63) is 59.9 Å². The third-order valence-corrected chi connectivity index (χ3v) is 3.97. The van der Waals surface area contributed by atoms with Crippen LogP contribution in [0.3, 0.4) is 0 Å². The molecule has 1 aromatic carbocycles. The molecule has 2 atom stereocenters. The minimum absolute atomic E-state index is 0.168. The first-order valence-corrected chi connectivity index (χ1v) is 8.33. The van der Waals surface area contributed by atoms with Crippen molar-refractivity contribution in [2.75, 3.05) is 20.2 Å². The first-order chi connectivity index (χ1) is 11.8. The number of nitrogens with one attached hydrogen (secondary N) is 1. The van der Waals surface area contributed by atoms with Crippen molar-refractivity contribution >= 4 is 0 Å². The highest BCUT2D eigenvalue weighted by atomic mass is 16.6. The van der Waals surface area contributed by atoms with E-state index in [1.165, 1.54) is 0 Å². The second-order valence-electron chi connectivity index (χ2n) is 5.94. The van der Waals surface area contributed by atoms with Crippen molar-refractivity contribution in [3.8, 4) is 5.75 Å². The van der Waals surface area contributed by atoms with Crippen LogP contribution in [0.15, 0.2) is 48.7 Å². The van der Waals surface area contributed by atoms with Gasteiger partial charge in [-0.3, -0.25) is 4.98 Å². The van der Waals surface area contributed by atoms with Crippen LogP contribution >= 0.6 is 0 Å². The Morgan fingerprint density at radius 2 is 2.17 bits per heavy atom. The van der Waals surface area contributed by atoms with Gasteiger partial charge >= 0.3 is 0 Å². The molecule has 2 aromatic rings. The Hall–Kier alpha value is -1.95. The van der Waals surface area contributed by atoms with E-state index in [-0.39, 0.29) is 12.2 Å². The summed E-state index contributed by atoms with van der Waals surface area (Å²) >= 11 is 0. The van der Waals surface area contributed by atoms with Gasteiger partial charge in [0.1, 0.15) is 12.4 Å². The van der Waals surface area contributed by atoms with E-state index >= 15 is 0 Å². The number of hydrogen-bond acceptors (Lipinski definition) is 5. The first-order valence-electron chi connectivity index (χ1n) is 8.33. The van der Waals surface area contributed by atoms with Gasteiger partial charge in [0, 0.05) is 19.2 Å². The molecule has 1 saturated heterocycles. The summed E-state index contributed by atoms with van der Waals surface area (Å²) in [6.45, 7) is 2.58. The van der Waals surface area contributed by atoms with Crippen LogP contribution in [0.25, 0.3) is 0 Å². The maximum atomic E-state index is 5.96. The Balaban J connectivity index is 1.47. The second-order valence-corrected chi connectivity index (χ2v) is 5.94.